The molecule has 2 aromatic heterocycles. The molecule has 4 aliphatic heterocycles. The summed E-state index contributed by atoms with van der Waals surface area (Å²) >= 11 is 9.99. The average molecular weight is 2810 g/mol. The Labute approximate surface area is 933 Å². The van der Waals surface area contributed by atoms with Crippen LogP contribution in [0, 0.1) is 0 Å². The fourth-order valence-corrected chi connectivity index (χ4v) is 527. The van der Waals surface area contributed by atoms with Crippen LogP contribution in [0.3, 0.4) is 0 Å². The molecule has 0 radical (unpaired) electrons. The first-order chi connectivity index (χ1) is 68.3. The summed E-state index contributed by atoms with van der Waals surface area (Å²) in [6.45, 7) is 7.17. The fourth-order valence-electron chi connectivity index (χ4n) is 16.5. The quantitative estimate of drug-likeness (QED) is 0.0338. The van der Waals surface area contributed by atoms with E-state index >= 15 is 0 Å². The van der Waals surface area contributed by atoms with E-state index in [9.17, 15) is 34.8 Å². The first kappa shape index (κ1) is 122. The fraction of sp³-hybridized carbons (Fsp3) is 0.0698. The molecule has 0 bridgehead atoms. The van der Waals surface area contributed by atoms with Crippen molar-refractivity contribution in [1.29, 1.82) is 0 Å². The van der Waals surface area contributed by atoms with Crippen molar-refractivity contribution < 1.29 is 34.6 Å². The van der Waals surface area contributed by atoms with Gasteiger partial charge in [-0.15, -0.1) is 192 Å². The van der Waals surface area contributed by atoms with Gasteiger partial charge in [0.05, 0.1) is 86.1 Å². The number of fused-ring (bicyclic) bond motifs is 10. The Bertz CT molecular complexity index is 7390. The summed E-state index contributed by atoms with van der Waals surface area (Å²) in [5.74, 6) is 0. The minimum atomic E-state index is -3.75. The first-order valence-electron chi connectivity index (χ1n) is 42.5. The first-order valence-corrected chi connectivity index (χ1v) is 117. The Morgan fingerprint density at radius 1 is 0.292 bits per heavy atom. The molecule has 1 fully saturated rings. The SMILES string of the molecule is CC1(C)OB(c2ccccc2N2c3ccccc3S(=O)(=O)c3ccccc32)OC1(C)C.O=c1c2cc(-c3ccccc3N3c4ccccc4S(=O)(=O)c4ccccc43)ccc2sc2ccc(-c3ccccc3N3c4ccccc4S(=O)(=O)c4ccccc43)cc12.O=c1c2cc(Br)ccc2sc2ccc(Br)cc12.PPP(P(P)P)P(P(P(P)P)P(P)P)P(P(P(P)P)P(P)P)P(P(P(P)P)P(P)P)P(P(P)P)P(P)P. The van der Waals surface area contributed by atoms with E-state index in [0.29, 0.717) is 44.9 Å². The second-order valence-electron chi connectivity index (χ2n) is 32.8. The summed E-state index contributed by atoms with van der Waals surface area (Å²) in [5, 5.41) is 2.70. The number of para-hydroxylation sites is 9. The number of sulfone groups is 3. The Balaban J connectivity index is 0.000000150. The van der Waals surface area contributed by atoms with Crippen molar-refractivity contribution in [3.8, 4) is 22.3 Å². The van der Waals surface area contributed by atoms with Gasteiger partial charge in [0.2, 0.25) is 29.5 Å². The van der Waals surface area contributed by atoms with Crippen LogP contribution in [-0.4, -0.2) is 43.6 Å². The molecule has 0 N–H and O–H groups in total. The van der Waals surface area contributed by atoms with Gasteiger partial charge in [-0.05, 0) is 309 Å². The largest absolute Gasteiger partial charge is 0.496 e. The summed E-state index contributed by atoms with van der Waals surface area (Å²) in [6, 6.07) is 89.4. The van der Waals surface area contributed by atoms with Gasteiger partial charge in [0.1, 0.15) is 0 Å². The van der Waals surface area contributed by atoms with Crippen LogP contribution in [0.5, 0.6) is 0 Å². The van der Waals surface area contributed by atoms with Crippen molar-refractivity contribution in [2.24, 2.45) is 0 Å². The van der Waals surface area contributed by atoms with E-state index in [2.05, 4.69) is 201 Å². The highest BCUT2D eigenvalue weighted by molar-refractivity contribution is 9.47. The predicted molar refractivity (Wildman–Crippen MR) is 750 cm³/mol. The van der Waals surface area contributed by atoms with Crippen LogP contribution in [0.1, 0.15) is 27.7 Å². The third kappa shape index (κ3) is 26.0. The zero-order valence-electron chi connectivity index (χ0n) is 76.6. The number of anilines is 9. The number of rotatable bonds is 23. The number of hydrogen-bond donors (Lipinski definition) is 0. The highest BCUT2D eigenvalue weighted by atomic mass is 79.9. The van der Waals surface area contributed by atoms with E-state index in [0.717, 1.165) is 91.3 Å². The van der Waals surface area contributed by atoms with Crippen LogP contribution in [0.15, 0.2) is 339 Å². The van der Waals surface area contributed by atoms with Gasteiger partial charge in [0.15, 0.2) is 10.9 Å². The standard InChI is InChI=1S/C49H30N2O5S3.C24H24BNO4S.C13H6Br2OS.H39P37/c52-49-35-29-31(33-13-1-3-15-37(33)50-39-17-5-9-21-45(39)58(53,54)46-22-10-6-18-40(46)50)25-27-43(35)57-44-28-26-32(30-36(44)49)34-14-2-4-16-38(34)51-41-19-7-11-23-47(41)59(55,56)48-24-12-8-20-42(48)51;1-23(2)24(3,4)30-25(29-23)17-11-5-6-12-18(17)26-19-13-7-9-15-21(19)31(27,28)22-16-10-8-14-20(22)26;14-7-1-3-11-9(5-7)13(16)10-6-8(15)2-4-12(10)17-11;1-20-30(21(2)3)35(31(22(4)5)23(6)7)37(34(28(16)17)29(18)19)36(32(24(8)9)25(10)11)33(26(12)13)27(14)15/h1-30H;5-16H,1-4H3;1-6H;20H,1-19H2. The molecule has 144 heavy (non-hydrogen) atoms. The molecule has 19 rings (SSSR count). The highest BCUT2D eigenvalue weighted by Crippen LogP contribution is 3.41. The molecule has 0 spiro atoms. The number of hydrogen-bond acceptors (Lipinski definition) is 15. The van der Waals surface area contributed by atoms with Crippen LogP contribution < -0.4 is 31.0 Å². The monoisotopic (exact) mass is 2810 g/mol. The molecule has 23 unspecified atom stereocenters. The third-order valence-electron chi connectivity index (χ3n) is 23.3. The Morgan fingerprint density at radius 3 is 0.812 bits per heavy atom. The maximum absolute atomic E-state index is 14.7. The molecular weight excluding hydrogens is 2710 g/mol. The molecule has 4 aliphatic rings. The van der Waals surface area contributed by atoms with Crippen molar-refractivity contribution in [3.63, 3.8) is 0 Å². The van der Waals surface area contributed by atoms with Crippen LogP contribution in [0.2, 0.25) is 0 Å². The number of benzene rings is 13. The minimum absolute atomic E-state index is 0.00189. The lowest BCUT2D eigenvalue weighted by molar-refractivity contribution is 0.00578. The smallest absolute Gasteiger partial charge is 0.399 e. The average Bonchev–Trinajstić information content (AvgIpc) is 1.58. The van der Waals surface area contributed by atoms with Crippen LogP contribution >= 0.6 is 351 Å². The van der Waals surface area contributed by atoms with Crippen LogP contribution in [-0.2, 0) is 38.8 Å². The minimum Gasteiger partial charge on any atom is -0.399 e. The molecule has 750 valence electrons. The summed E-state index contributed by atoms with van der Waals surface area (Å²) in [7, 11) is 53.2. The number of nitrogens with zero attached hydrogens (tertiary/aromatic N) is 3. The molecule has 0 saturated carbocycles. The summed E-state index contributed by atoms with van der Waals surface area (Å²) in [4.78, 5) is 34.5. The Hall–Kier alpha value is 5.74. The van der Waals surface area contributed by atoms with Gasteiger partial charge in [0.25, 0.3) is 0 Å². The van der Waals surface area contributed by atoms with Crippen molar-refractivity contribution in [3.05, 3.63) is 321 Å². The zero-order valence-corrected chi connectivity index (χ0v) is 122. The summed E-state index contributed by atoms with van der Waals surface area (Å²) < 4.78 is 100.0. The molecule has 13 aromatic carbocycles. The van der Waals surface area contributed by atoms with Crippen molar-refractivity contribution in [2.75, 3.05) is 14.7 Å². The van der Waals surface area contributed by atoms with Gasteiger partial charge in [-0.3, -0.25) is 9.59 Å². The van der Waals surface area contributed by atoms with Crippen molar-refractivity contribution >= 4 is 485 Å². The van der Waals surface area contributed by atoms with Crippen LogP contribution in [0.4, 0.5) is 51.2 Å². The maximum Gasteiger partial charge on any atom is 0.496 e. The zero-order chi connectivity index (χ0) is 104. The van der Waals surface area contributed by atoms with E-state index in [1.165, 1.54) is 0 Å². The van der Waals surface area contributed by atoms with Crippen molar-refractivity contribution in [1.82, 2.24) is 0 Å². The topological polar surface area (TPSA) is 165 Å². The molecule has 58 heteroatoms. The van der Waals surface area contributed by atoms with Crippen LogP contribution in [0.25, 0.3) is 62.6 Å². The summed E-state index contributed by atoms with van der Waals surface area (Å²) in [6.07, 6.45) is 0. The molecule has 13 nitrogen and oxygen atoms in total. The van der Waals surface area contributed by atoms with E-state index in [-0.39, 0.29) is 159 Å². The second-order valence-corrected chi connectivity index (χ2v) is 191. The molecule has 1 saturated heterocycles. The van der Waals surface area contributed by atoms with E-state index < -0.39 is 47.8 Å². The van der Waals surface area contributed by atoms with Gasteiger partial charge in [0, 0.05) is 71.6 Å². The molecule has 0 amide bonds. The number of halogens is 2. The third-order valence-corrected chi connectivity index (χ3v) is 281. The second kappa shape index (κ2) is 52.9. The Kier molecular flexibility index (Phi) is 44.8. The normalized spacial score (nSPS) is 16.0. The molecular formula is C86H99BBr2N3O10P37S5. The van der Waals surface area contributed by atoms with E-state index in [1.807, 2.05) is 261 Å². The van der Waals surface area contributed by atoms with E-state index in [1.54, 1.807) is 95.5 Å². The van der Waals surface area contributed by atoms with Gasteiger partial charge in [-0.25, -0.2) is 25.3 Å². The molecule has 15 aromatic rings. The molecule has 23 atom stereocenters. The molecule has 0 aliphatic carbocycles. The van der Waals surface area contributed by atoms with Gasteiger partial charge in [-0.1, -0.05) is 179 Å². The lowest BCUT2D eigenvalue weighted by Crippen LogP contribution is -2.41. The van der Waals surface area contributed by atoms with Gasteiger partial charge in [-0.2, -0.15) is 0 Å². The lowest BCUT2D eigenvalue weighted by atomic mass is 9.77. The lowest BCUT2D eigenvalue weighted by Gasteiger charge is -2.55. The van der Waals surface area contributed by atoms with Crippen molar-refractivity contribution in [2.45, 2.75) is 68.3 Å². The molecule has 6 heterocycles. The highest BCUT2D eigenvalue weighted by Gasteiger charge is 2.56. The van der Waals surface area contributed by atoms with E-state index in [4.69, 9.17) is 9.31 Å². The van der Waals surface area contributed by atoms with Gasteiger partial charge >= 0.3 is 7.12 Å². The summed E-state index contributed by atoms with van der Waals surface area (Å²) in [5.41, 5.74) is 9.06. The van der Waals surface area contributed by atoms with Gasteiger partial charge < -0.3 is 24.0 Å². The Morgan fingerprint density at radius 2 is 0.528 bits per heavy atom. The maximum atomic E-state index is 14.7. The predicted octanol–water partition coefficient (Wildman–Crippen LogP) is 42.9.